The summed E-state index contributed by atoms with van der Waals surface area (Å²) in [7, 11) is 3.25. The van der Waals surface area contributed by atoms with E-state index in [1.807, 2.05) is 13.8 Å². The molecule has 5 nitrogen and oxygen atoms in total. The monoisotopic (exact) mass is 281 g/mol. The maximum atomic E-state index is 13.0. The van der Waals surface area contributed by atoms with E-state index in [-0.39, 0.29) is 17.5 Å². The number of likely N-dealkylation sites (N-methyl/N-ethyl adjacent to an activating group) is 1. The summed E-state index contributed by atoms with van der Waals surface area (Å²) >= 11 is 0. The second-order valence-electron chi connectivity index (χ2n) is 5.23. The molecule has 0 spiro atoms. The van der Waals surface area contributed by atoms with Crippen LogP contribution in [-0.2, 0) is 4.79 Å². The number of nitrogens with zero attached hydrogens (tertiary/aromatic N) is 2. The Morgan fingerprint density at radius 1 is 1.35 bits per heavy atom. The van der Waals surface area contributed by atoms with Gasteiger partial charge >= 0.3 is 0 Å². The first kappa shape index (κ1) is 16.1. The van der Waals surface area contributed by atoms with Crippen LogP contribution in [0.3, 0.4) is 0 Å². The van der Waals surface area contributed by atoms with E-state index in [0.717, 1.165) is 6.07 Å². The topological polar surface area (TPSA) is 62.3 Å². The highest BCUT2D eigenvalue weighted by Crippen LogP contribution is 2.08. The molecule has 1 aromatic heterocycles. The zero-order valence-corrected chi connectivity index (χ0v) is 12.2. The second kappa shape index (κ2) is 6.98. The van der Waals surface area contributed by atoms with Gasteiger partial charge < -0.3 is 10.2 Å². The number of pyridine rings is 1. The van der Waals surface area contributed by atoms with Crippen molar-refractivity contribution in [1.29, 1.82) is 0 Å². The van der Waals surface area contributed by atoms with Gasteiger partial charge in [0.15, 0.2) is 0 Å². The van der Waals surface area contributed by atoms with Crippen molar-refractivity contribution in [1.82, 2.24) is 15.2 Å². The van der Waals surface area contributed by atoms with Gasteiger partial charge in [-0.15, -0.1) is 0 Å². The zero-order valence-electron chi connectivity index (χ0n) is 12.2. The van der Waals surface area contributed by atoms with Gasteiger partial charge in [-0.1, -0.05) is 19.9 Å². The maximum absolute atomic E-state index is 13.0. The van der Waals surface area contributed by atoms with Crippen molar-refractivity contribution in [2.24, 2.45) is 5.92 Å². The van der Waals surface area contributed by atoms with Crippen LogP contribution in [0.5, 0.6) is 0 Å². The Labute approximate surface area is 118 Å². The van der Waals surface area contributed by atoms with Crippen LogP contribution >= 0.6 is 0 Å². The van der Waals surface area contributed by atoms with E-state index in [0.29, 0.717) is 6.42 Å². The van der Waals surface area contributed by atoms with Gasteiger partial charge in [0.05, 0.1) is 0 Å². The van der Waals surface area contributed by atoms with Gasteiger partial charge in [-0.3, -0.25) is 9.59 Å². The molecule has 0 fully saturated rings. The Balaban J connectivity index is 2.84. The van der Waals surface area contributed by atoms with Crippen LogP contribution in [0.15, 0.2) is 18.2 Å². The van der Waals surface area contributed by atoms with Crippen LogP contribution < -0.4 is 5.32 Å². The summed E-state index contributed by atoms with van der Waals surface area (Å²) in [6, 6.07) is 3.34. The van der Waals surface area contributed by atoms with Crippen LogP contribution in [0, 0.1) is 11.9 Å². The number of hydrogen-bond donors (Lipinski definition) is 1. The van der Waals surface area contributed by atoms with Crippen molar-refractivity contribution in [2.75, 3.05) is 14.1 Å². The van der Waals surface area contributed by atoms with Crippen molar-refractivity contribution in [3.8, 4) is 0 Å². The van der Waals surface area contributed by atoms with Crippen molar-refractivity contribution >= 4 is 11.8 Å². The smallest absolute Gasteiger partial charge is 0.270 e. The summed E-state index contributed by atoms with van der Waals surface area (Å²) < 4.78 is 13.0. The molecule has 110 valence electrons. The molecule has 1 rings (SSSR count). The number of hydrogen-bond acceptors (Lipinski definition) is 3. The number of rotatable bonds is 5. The number of nitrogens with one attached hydrogen (secondary N) is 1. The second-order valence-corrected chi connectivity index (χ2v) is 5.23. The first-order valence-corrected chi connectivity index (χ1v) is 6.46. The number of halogens is 1. The number of carbonyl (C=O) groups is 2. The molecule has 1 unspecified atom stereocenters. The molecule has 0 aliphatic rings. The maximum Gasteiger partial charge on any atom is 0.270 e. The van der Waals surface area contributed by atoms with Gasteiger partial charge in [-0.2, -0.15) is 4.39 Å². The molecular weight excluding hydrogens is 261 g/mol. The lowest BCUT2D eigenvalue weighted by Gasteiger charge is -2.23. The third-order valence-electron chi connectivity index (χ3n) is 2.70. The van der Waals surface area contributed by atoms with E-state index >= 15 is 0 Å². The minimum absolute atomic E-state index is 0.0367. The van der Waals surface area contributed by atoms with Crippen molar-refractivity contribution in [3.05, 3.63) is 29.8 Å². The largest absolute Gasteiger partial charge is 0.347 e. The van der Waals surface area contributed by atoms with Crippen LogP contribution in [0.2, 0.25) is 0 Å². The Morgan fingerprint density at radius 2 is 2.00 bits per heavy atom. The third-order valence-corrected chi connectivity index (χ3v) is 2.70. The Morgan fingerprint density at radius 3 is 2.50 bits per heavy atom. The summed E-state index contributed by atoms with van der Waals surface area (Å²) in [5.41, 5.74) is -0.0367. The van der Waals surface area contributed by atoms with Crippen molar-refractivity contribution in [3.63, 3.8) is 0 Å². The Hall–Kier alpha value is -1.98. The highest BCUT2D eigenvalue weighted by atomic mass is 19.1. The molecule has 1 atom stereocenters. The summed E-state index contributed by atoms with van der Waals surface area (Å²) in [5.74, 6) is -1.23. The fraction of sp³-hybridized carbons (Fsp3) is 0.500. The predicted octanol–water partition coefficient (Wildman–Crippen LogP) is 1.45. The molecule has 0 radical (unpaired) electrons. The molecule has 1 heterocycles. The zero-order chi connectivity index (χ0) is 15.3. The third kappa shape index (κ3) is 4.60. The molecule has 2 amide bonds. The van der Waals surface area contributed by atoms with E-state index in [1.165, 1.54) is 17.0 Å². The van der Waals surface area contributed by atoms with Crippen LogP contribution in [0.1, 0.15) is 30.8 Å². The summed E-state index contributed by atoms with van der Waals surface area (Å²) in [4.78, 5) is 29.0. The summed E-state index contributed by atoms with van der Waals surface area (Å²) in [6.07, 6.45) is 0.512. The van der Waals surface area contributed by atoms with E-state index in [4.69, 9.17) is 0 Å². The van der Waals surface area contributed by atoms with Gasteiger partial charge in [-0.25, -0.2) is 4.98 Å². The van der Waals surface area contributed by atoms with Crippen LogP contribution in [0.25, 0.3) is 0 Å². The molecule has 0 saturated heterocycles. The molecule has 0 aromatic carbocycles. The van der Waals surface area contributed by atoms with E-state index < -0.39 is 17.9 Å². The number of carbonyl (C=O) groups excluding carboxylic acids is 2. The molecule has 0 aliphatic heterocycles. The van der Waals surface area contributed by atoms with Crippen molar-refractivity contribution < 1.29 is 14.0 Å². The molecule has 0 aliphatic carbocycles. The average molecular weight is 281 g/mol. The standard InChI is InChI=1S/C14H20FN3O2/c1-9(2)8-11(14(20)18(3)4)17-13(19)10-6-5-7-12(15)16-10/h5-7,9,11H,8H2,1-4H3,(H,17,19). The lowest BCUT2D eigenvalue weighted by Crippen LogP contribution is -2.47. The average Bonchev–Trinajstić information content (AvgIpc) is 2.36. The summed E-state index contributed by atoms with van der Waals surface area (Å²) in [6.45, 7) is 3.92. The minimum atomic E-state index is -0.725. The van der Waals surface area contributed by atoms with Gasteiger partial charge in [0.1, 0.15) is 11.7 Å². The highest BCUT2D eigenvalue weighted by Gasteiger charge is 2.24. The number of amides is 2. The molecule has 20 heavy (non-hydrogen) atoms. The fourth-order valence-electron chi connectivity index (χ4n) is 1.77. The van der Waals surface area contributed by atoms with Gasteiger partial charge in [0.25, 0.3) is 5.91 Å². The van der Waals surface area contributed by atoms with Crippen LogP contribution in [-0.4, -0.2) is 41.8 Å². The van der Waals surface area contributed by atoms with Crippen LogP contribution in [0.4, 0.5) is 4.39 Å². The molecule has 0 bridgehead atoms. The number of aromatic nitrogens is 1. The molecule has 1 N–H and O–H groups in total. The van der Waals surface area contributed by atoms with Gasteiger partial charge in [0.2, 0.25) is 11.9 Å². The lowest BCUT2D eigenvalue weighted by atomic mass is 10.0. The highest BCUT2D eigenvalue weighted by molar-refractivity contribution is 5.95. The lowest BCUT2D eigenvalue weighted by molar-refractivity contribution is -0.131. The van der Waals surface area contributed by atoms with E-state index in [2.05, 4.69) is 10.3 Å². The predicted molar refractivity (Wildman–Crippen MR) is 73.6 cm³/mol. The minimum Gasteiger partial charge on any atom is -0.347 e. The molecule has 6 heteroatoms. The van der Waals surface area contributed by atoms with Gasteiger partial charge in [0, 0.05) is 14.1 Å². The first-order chi connectivity index (χ1) is 9.31. The summed E-state index contributed by atoms with van der Waals surface area (Å²) in [5, 5.41) is 2.61. The molecule has 0 saturated carbocycles. The van der Waals surface area contributed by atoms with Crippen molar-refractivity contribution in [2.45, 2.75) is 26.3 Å². The first-order valence-electron chi connectivity index (χ1n) is 6.46. The molecule has 1 aromatic rings. The molecular formula is C14H20FN3O2. The van der Waals surface area contributed by atoms with E-state index in [1.54, 1.807) is 14.1 Å². The van der Waals surface area contributed by atoms with E-state index in [9.17, 15) is 14.0 Å². The SMILES string of the molecule is CC(C)CC(NC(=O)c1cccc(F)n1)C(=O)N(C)C. The normalized spacial score (nSPS) is 12.1. The Bertz CT molecular complexity index is 489. The fourth-order valence-corrected chi connectivity index (χ4v) is 1.77. The Kier molecular flexibility index (Phi) is 5.61. The quantitative estimate of drug-likeness (QED) is 0.831. The van der Waals surface area contributed by atoms with Gasteiger partial charge in [-0.05, 0) is 24.5 Å².